The summed E-state index contributed by atoms with van der Waals surface area (Å²) in [6.45, 7) is 2.17. The van der Waals surface area contributed by atoms with E-state index in [1.165, 1.54) is 12.5 Å². The number of ether oxygens (including phenoxy) is 2. The molecule has 0 aliphatic rings. The maximum Gasteiger partial charge on any atom is 0.134 e. The summed E-state index contributed by atoms with van der Waals surface area (Å²) < 4.78 is 10.3. The van der Waals surface area contributed by atoms with Gasteiger partial charge in [-0.1, -0.05) is 13.0 Å². The van der Waals surface area contributed by atoms with Crippen LogP contribution in [0.5, 0.6) is 0 Å². The minimum Gasteiger partial charge on any atom is -0.360 e. The maximum atomic E-state index is 5.13. The van der Waals surface area contributed by atoms with Crippen molar-refractivity contribution in [3.63, 3.8) is 0 Å². The van der Waals surface area contributed by atoms with Gasteiger partial charge in [-0.15, -0.1) is 0 Å². The predicted molar refractivity (Wildman–Crippen MR) is 58.8 cm³/mol. The molecule has 0 fully saturated rings. The molecule has 0 saturated carbocycles. The van der Waals surface area contributed by atoms with Gasteiger partial charge in [0.2, 0.25) is 0 Å². The number of hydrogen-bond donors (Lipinski definition) is 1. The van der Waals surface area contributed by atoms with Crippen LogP contribution < -0.4 is 0 Å². The van der Waals surface area contributed by atoms with Crippen LogP contribution in [0, 0.1) is 0 Å². The summed E-state index contributed by atoms with van der Waals surface area (Å²) in [4.78, 5) is 0. The van der Waals surface area contributed by atoms with Gasteiger partial charge in [-0.25, -0.2) is 0 Å². The van der Waals surface area contributed by atoms with Gasteiger partial charge in [0.15, 0.2) is 0 Å². The van der Waals surface area contributed by atoms with Crippen molar-refractivity contribution >= 4 is 22.1 Å². The molecule has 0 aliphatic carbocycles. The molecule has 0 amide bonds. The van der Waals surface area contributed by atoms with Crippen molar-refractivity contribution in [3.05, 3.63) is 0 Å². The van der Waals surface area contributed by atoms with Gasteiger partial charge in [0, 0.05) is 19.5 Å². The highest BCUT2D eigenvalue weighted by Gasteiger charge is 2.06. The molecule has 0 heterocycles. The highest BCUT2D eigenvalue weighted by atomic mass is 32.1. The molecule has 1 unspecified atom stereocenters. The lowest BCUT2D eigenvalue weighted by Gasteiger charge is -2.13. The van der Waals surface area contributed by atoms with E-state index in [1.807, 2.05) is 0 Å². The smallest absolute Gasteiger partial charge is 0.134 e. The van der Waals surface area contributed by atoms with E-state index in [9.17, 15) is 0 Å². The van der Waals surface area contributed by atoms with Crippen molar-refractivity contribution in [3.8, 4) is 0 Å². The van der Waals surface area contributed by atoms with Crippen molar-refractivity contribution in [2.75, 3.05) is 14.2 Å². The van der Waals surface area contributed by atoms with E-state index in [0.717, 1.165) is 6.42 Å². The first-order valence-electron chi connectivity index (χ1n) is 4.48. The number of thiol groups is 1. The Labute approximate surface area is 83.3 Å². The van der Waals surface area contributed by atoms with Crippen molar-refractivity contribution in [1.82, 2.24) is 0 Å². The van der Waals surface area contributed by atoms with Crippen LogP contribution in [0.4, 0.5) is 0 Å². The molecule has 0 saturated heterocycles. The first-order chi connectivity index (χ1) is 5.74. The molecule has 1 atom stereocenters. The van der Waals surface area contributed by atoms with E-state index in [-0.39, 0.29) is 15.4 Å². The minimum absolute atomic E-state index is 0.0994. The lowest BCUT2D eigenvalue weighted by Crippen LogP contribution is -2.21. The molecule has 74 valence electrons. The Morgan fingerprint density at radius 2 is 1.92 bits per heavy atom. The molecule has 0 aromatic carbocycles. The van der Waals surface area contributed by atoms with E-state index in [4.69, 9.17) is 9.47 Å². The third-order valence-electron chi connectivity index (χ3n) is 1.97. The summed E-state index contributed by atoms with van der Waals surface area (Å²) >= 11 is 4.43. The Kier molecular flexibility index (Phi) is 8.43. The molecule has 0 aromatic heterocycles. The number of methoxy groups -OCH3 is 2. The average Bonchev–Trinajstić information content (AvgIpc) is 2.12. The largest absolute Gasteiger partial charge is 0.360 e. The van der Waals surface area contributed by atoms with Crippen LogP contribution in [0.25, 0.3) is 0 Å². The molecule has 0 radical (unpaired) electrons. The molecule has 0 bridgehead atoms. The monoisotopic (exact) mass is 208 g/mol. The Balaban J connectivity index is 3.28. The SMILES string of the molecule is CCC(S)CC[SiH2]C(OC)OC. The van der Waals surface area contributed by atoms with E-state index in [2.05, 4.69) is 19.6 Å². The summed E-state index contributed by atoms with van der Waals surface area (Å²) in [5.74, 6) is 0.0994. The van der Waals surface area contributed by atoms with Gasteiger partial charge < -0.3 is 9.47 Å². The van der Waals surface area contributed by atoms with E-state index >= 15 is 0 Å². The fraction of sp³-hybridized carbons (Fsp3) is 1.00. The maximum absolute atomic E-state index is 5.13. The summed E-state index contributed by atoms with van der Waals surface area (Å²) in [6.07, 6.45) is 2.36. The first-order valence-corrected chi connectivity index (χ1v) is 6.81. The molecular formula is C8H20O2SSi. The summed E-state index contributed by atoms with van der Waals surface area (Å²) in [5.41, 5.74) is 0. The van der Waals surface area contributed by atoms with Crippen molar-refractivity contribution in [1.29, 1.82) is 0 Å². The Bertz CT molecular complexity index is 99.1. The number of hydrogen-bond acceptors (Lipinski definition) is 3. The molecule has 0 spiro atoms. The topological polar surface area (TPSA) is 18.5 Å². The van der Waals surface area contributed by atoms with Crippen LogP contribution in [-0.4, -0.2) is 34.9 Å². The highest BCUT2D eigenvalue weighted by molar-refractivity contribution is 7.80. The van der Waals surface area contributed by atoms with Crippen molar-refractivity contribution in [2.24, 2.45) is 0 Å². The molecular weight excluding hydrogens is 188 g/mol. The van der Waals surface area contributed by atoms with E-state index < -0.39 is 0 Å². The molecule has 0 aliphatic heterocycles. The lowest BCUT2D eigenvalue weighted by atomic mass is 10.3. The zero-order valence-corrected chi connectivity index (χ0v) is 10.6. The molecule has 12 heavy (non-hydrogen) atoms. The lowest BCUT2D eigenvalue weighted by molar-refractivity contribution is -0.0441. The fourth-order valence-electron chi connectivity index (χ4n) is 1.06. The summed E-state index contributed by atoms with van der Waals surface area (Å²) in [7, 11) is 3.19. The van der Waals surface area contributed by atoms with Crippen LogP contribution >= 0.6 is 12.6 Å². The fourth-order valence-corrected chi connectivity index (χ4v) is 3.12. The zero-order chi connectivity index (χ0) is 9.40. The second kappa shape index (κ2) is 8.10. The van der Waals surface area contributed by atoms with Crippen LogP contribution in [0.15, 0.2) is 0 Å². The Hall–Kier alpha value is 0.487. The van der Waals surface area contributed by atoms with Crippen LogP contribution in [0.1, 0.15) is 19.8 Å². The first kappa shape index (κ1) is 12.5. The predicted octanol–water partition coefficient (Wildman–Crippen LogP) is 1.25. The van der Waals surface area contributed by atoms with Gasteiger partial charge >= 0.3 is 0 Å². The van der Waals surface area contributed by atoms with Crippen LogP contribution in [0.2, 0.25) is 6.04 Å². The normalized spacial score (nSPS) is 14.8. The quantitative estimate of drug-likeness (QED) is 0.386. The molecule has 0 aromatic rings. The van der Waals surface area contributed by atoms with Crippen molar-refractivity contribution < 1.29 is 9.47 Å². The third-order valence-corrected chi connectivity index (χ3v) is 4.55. The average molecular weight is 208 g/mol. The van der Waals surface area contributed by atoms with E-state index in [1.54, 1.807) is 14.2 Å². The summed E-state index contributed by atoms with van der Waals surface area (Å²) in [5, 5.41) is 0.562. The van der Waals surface area contributed by atoms with Gasteiger partial charge in [-0.2, -0.15) is 12.6 Å². The summed E-state index contributed by atoms with van der Waals surface area (Å²) in [6, 6.07) is 1.26. The Morgan fingerprint density at radius 1 is 1.33 bits per heavy atom. The molecule has 0 rings (SSSR count). The van der Waals surface area contributed by atoms with Crippen LogP contribution in [0.3, 0.4) is 0 Å². The third kappa shape index (κ3) is 6.05. The van der Waals surface area contributed by atoms with Gasteiger partial charge in [-0.05, 0) is 12.8 Å². The molecule has 4 heteroatoms. The van der Waals surface area contributed by atoms with Gasteiger partial charge in [0.25, 0.3) is 0 Å². The molecule has 2 nitrogen and oxygen atoms in total. The second-order valence-corrected chi connectivity index (χ2v) is 5.58. The Morgan fingerprint density at radius 3 is 2.33 bits per heavy atom. The van der Waals surface area contributed by atoms with Gasteiger partial charge in [0.1, 0.15) is 5.91 Å². The second-order valence-electron chi connectivity index (χ2n) is 2.89. The van der Waals surface area contributed by atoms with Gasteiger partial charge in [0.05, 0.1) is 9.52 Å². The highest BCUT2D eigenvalue weighted by Crippen LogP contribution is 2.09. The van der Waals surface area contributed by atoms with Crippen molar-refractivity contribution in [2.45, 2.75) is 37.0 Å². The standard InChI is InChI=1S/C8H20O2SSi/c1-4-7(11)5-6-12-8(9-2)10-3/h7-8,11H,4-6,12H2,1-3H3. The minimum atomic E-state index is -0.220. The van der Waals surface area contributed by atoms with Crippen LogP contribution in [-0.2, 0) is 9.47 Å². The van der Waals surface area contributed by atoms with E-state index in [0.29, 0.717) is 5.25 Å². The number of rotatable bonds is 7. The van der Waals surface area contributed by atoms with Gasteiger partial charge in [-0.3, -0.25) is 0 Å². The molecule has 0 N–H and O–H groups in total. The zero-order valence-electron chi connectivity index (χ0n) is 8.25.